The van der Waals surface area contributed by atoms with E-state index in [0.717, 1.165) is 19.4 Å². The Balaban J connectivity index is 0.000000980. The van der Waals surface area contributed by atoms with Crippen molar-refractivity contribution in [2.45, 2.75) is 25.0 Å². The molecule has 1 N–H and O–H groups in total. The van der Waals surface area contributed by atoms with E-state index in [4.69, 9.17) is 4.74 Å². The van der Waals surface area contributed by atoms with Crippen molar-refractivity contribution >= 4 is 18.3 Å². The maximum atomic E-state index is 11.7. The minimum Gasteiger partial charge on any atom is -0.366 e. The molecule has 1 saturated heterocycles. The standard InChI is InChI=1S/C9H16N2O2.ClH/c1-11(7-2-3-7)9(12)8-6-10-4-5-13-8;/h7-8,10H,2-6H2,1H3;1H/t8-;/m1./s1. The fraction of sp³-hybridized carbons (Fsp3) is 0.889. The zero-order chi connectivity index (χ0) is 9.26. The first-order valence-corrected chi connectivity index (χ1v) is 4.88. The van der Waals surface area contributed by atoms with Gasteiger partial charge in [-0.15, -0.1) is 12.4 Å². The monoisotopic (exact) mass is 220 g/mol. The number of amides is 1. The molecule has 1 amide bonds. The molecule has 2 rings (SSSR count). The second-order valence-corrected chi connectivity index (χ2v) is 3.74. The van der Waals surface area contributed by atoms with E-state index in [9.17, 15) is 4.79 Å². The van der Waals surface area contributed by atoms with E-state index < -0.39 is 0 Å². The van der Waals surface area contributed by atoms with Gasteiger partial charge in [-0.25, -0.2) is 0 Å². The molecule has 4 nitrogen and oxygen atoms in total. The summed E-state index contributed by atoms with van der Waals surface area (Å²) in [4.78, 5) is 13.6. The third-order valence-corrected chi connectivity index (χ3v) is 2.65. The molecule has 0 aromatic rings. The average molecular weight is 221 g/mol. The van der Waals surface area contributed by atoms with Crippen molar-refractivity contribution in [3.8, 4) is 0 Å². The molecule has 0 unspecified atom stereocenters. The predicted octanol–water partition coefficient (Wildman–Crippen LogP) is 0.0174. The fourth-order valence-electron chi connectivity index (χ4n) is 1.59. The average Bonchev–Trinajstić information content (AvgIpc) is 3.00. The molecule has 0 radical (unpaired) electrons. The molecule has 1 saturated carbocycles. The Bertz CT molecular complexity index is 203. The lowest BCUT2D eigenvalue weighted by Crippen LogP contribution is -2.48. The summed E-state index contributed by atoms with van der Waals surface area (Å²) in [5.41, 5.74) is 0. The third kappa shape index (κ3) is 2.59. The number of carbonyl (C=O) groups is 1. The summed E-state index contributed by atoms with van der Waals surface area (Å²) in [5, 5.41) is 3.16. The van der Waals surface area contributed by atoms with E-state index in [1.165, 1.54) is 0 Å². The molecule has 1 atom stereocenters. The minimum atomic E-state index is -0.251. The lowest BCUT2D eigenvalue weighted by molar-refractivity contribution is -0.144. The number of hydrogen-bond acceptors (Lipinski definition) is 3. The molecule has 0 bridgehead atoms. The molecule has 5 heteroatoms. The molecule has 2 fully saturated rings. The van der Waals surface area contributed by atoms with Crippen LogP contribution in [0.3, 0.4) is 0 Å². The number of carbonyl (C=O) groups excluding carboxylic acids is 1. The van der Waals surface area contributed by atoms with Crippen LogP contribution in [-0.2, 0) is 9.53 Å². The first-order valence-electron chi connectivity index (χ1n) is 4.88. The normalized spacial score (nSPS) is 26.5. The van der Waals surface area contributed by atoms with Crippen molar-refractivity contribution in [1.82, 2.24) is 10.2 Å². The van der Waals surface area contributed by atoms with Crippen molar-refractivity contribution < 1.29 is 9.53 Å². The SMILES string of the molecule is CN(C(=O)[C@H]1CNCCO1)C1CC1.Cl. The Labute approximate surface area is 90.4 Å². The number of rotatable bonds is 2. The Kier molecular flexibility index (Phi) is 4.16. The zero-order valence-corrected chi connectivity index (χ0v) is 9.18. The lowest BCUT2D eigenvalue weighted by atomic mass is 10.2. The first-order chi connectivity index (χ1) is 6.29. The van der Waals surface area contributed by atoms with Crippen molar-refractivity contribution in [2.24, 2.45) is 0 Å². The van der Waals surface area contributed by atoms with E-state index in [1.54, 1.807) is 0 Å². The Hall–Kier alpha value is -0.320. The molecule has 0 aromatic carbocycles. The predicted molar refractivity (Wildman–Crippen MR) is 55.6 cm³/mol. The van der Waals surface area contributed by atoms with Gasteiger partial charge in [0.25, 0.3) is 5.91 Å². The Morgan fingerprint density at radius 1 is 1.50 bits per heavy atom. The summed E-state index contributed by atoms with van der Waals surface area (Å²) in [7, 11) is 1.87. The van der Waals surface area contributed by atoms with Gasteiger partial charge in [0.1, 0.15) is 6.10 Å². The van der Waals surface area contributed by atoms with Gasteiger partial charge in [-0.3, -0.25) is 4.79 Å². The molecule has 1 heterocycles. The molecular weight excluding hydrogens is 204 g/mol. The lowest BCUT2D eigenvalue weighted by Gasteiger charge is -2.27. The number of morpholine rings is 1. The van der Waals surface area contributed by atoms with Crippen LogP contribution in [-0.4, -0.2) is 49.7 Å². The van der Waals surface area contributed by atoms with Gasteiger partial charge in [-0.2, -0.15) is 0 Å². The molecular formula is C9H17ClN2O2. The number of ether oxygens (including phenoxy) is 1. The summed E-state index contributed by atoms with van der Waals surface area (Å²) in [6.45, 7) is 2.17. The van der Waals surface area contributed by atoms with Gasteiger partial charge in [0, 0.05) is 26.2 Å². The van der Waals surface area contributed by atoms with Crippen LogP contribution >= 0.6 is 12.4 Å². The van der Waals surface area contributed by atoms with Crippen LogP contribution in [0.25, 0.3) is 0 Å². The van der Waals surface area contributed by atoms with Crippen molar-refractivity contribution in [3.05, 3.63) is 0 Å². The second-order valence-electron chi connectivity index (χ2n) is 3.74. The van der Waals surface area contributed by atoms with Crippen LogP contribution in [0.15, 0.2) is 0 Å². The van der Waals surface area contributed by atoms with Crippen LogP contribution in [0.5, 0.6) is 0 Å². The quantitative estimate of drug-likeness (QED) is 0.714. The molecule has 2 aliphatic rings. The molecule has 0 aromatic heterocycles. The van der Waals surface area contributed by atoms with E-state index >= 15 is 0 Å². The second kappa shape index (κ2) is 4.96. The highest BCUT2D eigenvalue weighted by atomic mass is 35.5. The summed E-state index contributed by atoms with van der Waals surface area (Å²) >= 11 is 0. The van der Waals surface area contributed by atoms with Crippen LogP contribution in [0.4, 0.5) is 0 Å². The topological polar surface area (TPSA) is 41.6 Å². The van der Waals surface area contributed by atoms with Gasteiger partial charge in [0.2, 0.25) is 0 Å². The fourth-order valence-corrected chi connectivity index (χ4v) is 1.59. The molecule has 82 valence electrons. The Morgan fingerprint density at radius 3 is 2.71 bits per heavy atom. The maximum Gasteiger partial charge on any atom is 0.253 e. The Morgan fingerprint density at radius 2 is 2.21 bits per heavy atom. The first kappa shape index (κ1) is 11.8. The zero-order valence-electron chi connectivity index (χ0n) is 8.36. The maximum absolute atomic E-state index is 11.7. The van der Waals surface area contributed by atoms with Gasteiger partial charge in [0.15, 0.2) is 0 Å². The largest absolute Gasteiger partial charge is 0.366 e. The third-order valence-electron chi connectivity index (χ3n) is 2.65. The van der Waals surface area contributed by atoms with Gasteiger partial charge in [0.05, 0.1) is 6.61 Å². The van der Waals surface area contributed by atoms with E-state index in [0.29, 0.717) is 19.2 Å². The van der Waals surface area contributed by atoms with Crippen LogP contribution in [0, 0.1) is 0 Å². The minimum absolute atomic E-state index is 0. The smallest absolute Gasteiger partial charge is 0.253 e. The number of halogens is 1. The van der Waals surface area contributed by atoms with Crippen LogP contribution < -0.4 is 5.32 Å². The number of likely N-dealkylation sites (N-methyl/N-ethyl adjacent to an activating group) is 1. The van der Waals surface area contributed by atoms with E-state index in [1.807, 2.05) is 11.9 Å². The van der Waals surface area contributed by atoms with Gasteiger partial charge in [-0.1, -0.05) is 0 Å². The molecule has 0 spiro atoms. The molecule has 14 heavy (non-hydrogen) atoms. The van der Waals surface area contributed by atoms with Gasteiger partial charge < -0.3 is 15.0 Å². The van der Waals surface area contributed by atoms with E-state index in [-0.39, 0.29) is 24.4 Å². The number of nitrogens with zero attached hydrogens (tertiary/aromatic N) is 1. The van der Waals surface area contributed by atoms with Crippen molar-refractivity contribution in [1.29, 1.82) is 0 Å². The van der Waals surface area contributed by atoms with Crippen LogP contribution in [0.1, 0.15) is 12.8 Å². The highest BCUT2D eigenvalue weighted by Gasteiger charge is 2.34. The summed E-state index contributed by atoms with van der Waals surface area (Å²) in [6, 6.07) is 0.484. The highest BCUT2D eigenvalue weighted by molar-refractivity contribution is 5.85. The molecule has 1 aliphatic carbocycles. The van der Waals surface area contributed by atoms with Gasteiger partial charge in [-0.05, 0) is 12.8 Å². The highest BCUT2D eigenvalue weighted by Crippen LogP contribution is 2.26. The van der Waals surface area contributed by atoms with Gasteiger partial charge >= 0.3 is 0 Å². The summed E-state index contributed by atoms with van der Waals surface area (Å²) < 4.78 is 5.39. The summed E-state index contributed by atoms with van der Waals surface area (Å²) in [5.74, 6) is 0.134. The summed E-state index contributed by atoms with van der Waals surface area (Å²) in [6.07, 6.45) is 2.06. The van der Waals surface area contributed by atoms with Crippen molar-refractivity contribution in [2.75, 3.05) is 26.7 Å². The molecule has 1 aliphatic heterocycles. The van der Waals surface area contributed by atoms with E-state index in [2.05, 4.69) is 5.32 Å². The number of hydrogen-bond donors (Lipinski definition) is 1. The van der Waals surface area contributed by atoms with Crippen molar-refractivity contribution in [3.63, 3.8) is 0 Å². The number of nitrogens with one attached hydrogen (secondary N) is 1. The van der Waals surface area contributed by atoms with Crippen LogP contribution in [0.2, 0.25) is 0 Å².